The highest BCUT2D eigenvalue weighted by atomic mass is 31.1. The zero-order valence-corrected chi connectivity index (χ0v) is 14.3. The molecule has 1 fully saturated rings. The quantitative estimate of drug-likeness (QED) is 0.732. The first-order chi connectivity index (χ1) is 9.45. The lowest BCUT2D eigenvalue weighted by atomic mass is 10.0. The van der Waals surface area contributed by atoms with Crippen LogP contribution in [-0.2, 0) is 0 Å². The van der Waals surface area contributed by atoms with Crippen molar-refractivity contribution in [3.8, 4) is 0 Å². The van der Waals surface area contributed by atoms with E-state index >= 15 is 0 Å². The Balaban J connectivity index is 0.00000147. The molecule has 3 rings (SSSR count). The average Bonchev–Trinajstić information content (AvgIpc) is 2.51. The largest absolute Gasteiger partial charge is 0.153 e. The molecular formula is C18H24P2. The summed E-state index contributed by atoms with van der Waals surface area (Å²) >= 11 is 0. The summed E-state index contributed by atoms with van der Waals surface area (Å²) in [6.45, 7) is 0. The minimum atomic E-state index is -0.169. The molecule has 0 amide bonds. The number of hydrogen-bond donors (Lipinski definition) is 0. The number of rotatable bonds is 3. The molecule has 0 aromatic heterocycles. The van der Waals surface area contributed by atoms with Gasteiger partial charge in [0.05, 0.1) is 0 Å². The Hall–Kier alpha value is -0.700. The fraction of sp³-hybridized carbons (Fsp3) is 0.333. The van der Waals surface area contributed by atoms with Gasteiger partial charge in [0.1, 0.15) is 0 Å². The molecular weight excluding hydrogens is 278 g/mol. The standard InChI is InChI=1S/C18H21P.H3P/c1-4-10-16(11-5-1)19(17-12-6-2-7-13-17)18-14-8-3-9-15-18;/h1-2,4-7,10-13,18H,3,8-9,14-15H2;1H3. The summed E-state index contributed by atoms with van der Waals surface area (Å²) in [5, 5.41) is 3.10. The third-order valence-electron chi connectivity index (χ3n) is 4.01. The third kappa shape index (κ3) is 3.69. The molecule has 0 spiro atoms. The van der Waals surface area contributed by atoms with Crippen molar-refractivity contribution < 1.29 is 0 Å². The van der Waals surface area contributed by atoms with Gasteiger partial charge in [-0.2, -0.15) is 9.90 Å². The first kappa shape index (κ1) is 15.7. The van der Waals surface area contributed by atoms with Crippen LogP contribution in [-0.4, -0.2) is 5.66 Å². The van der Waals surface area contributed by atoms with Crippen LogP contribution >= 0.6 is 17.8 Å². The lowest BCUT2D eigenvalue weighted by Gasteiger charge is -2.31. The second-order valence-electron chi connectivity index (χ2n) is 5.33. The second kappa shape index (κ2) is 7.92. The van der Waals surface area contributed by atoms with Crippen molar-refractivity contribution in [1.82, 2.24) is 0 Å². The molecule has 0 heterocycles. The van der Waals surface area contributed by atoms with Crippen molar-refractivity contribution in [3.63, 3.8) is 0 Å². The van der Waals surface area contributed by atoms with Gasteiger partial charge in [0.15, 0.2) is 0 Å². The predicted octanol–water partition coefficient (Wildman–Crippen LogP) is 4.51. The van der Waals surface area contributed by atoms with Crippen LogP contribution in [0.25, 0.3) is 0 Å². The van der Waals surface area contributed by atoms with Crippen molar-refractivity contribution in [2.75, 3.05) is 0 Å². The molecule has 0 N–H and O–H groups in total. The molecule has 1 atom stereocenters. The molecule has 2 heteroatoms. The van der Waals surface area contributed by atoms with Gasteiger partial charge in [0, 0.05) is 0 Å². The molecule has 1 saturated carbocycles. The zero-order valence-electron chi connectivity index (χ0n) is 12.0. The van der Waals surface area contributed by atoms with Crippen LogP contribution in [0.2, 0.25) is 0 Å². The van der Waals surface area contributed by atoms with Gasteiger partial charge in [0.2, 0.25) is 0 Å². The van der Waals surface area contributed by atoms with E-state index in [1.807, 2.05) is 0 Å². The van der Waals surface area contributed by atoms with E-state index in [1.165, 1.54) is 32.1 Å². The summed E-state index contributed by atoms with van der Waals surface area (Å²) in [4.78, 5) is 0. The highest BCUT2D eigenvalue weighted by Crippen LogP contribution is 2.45. The lowest BCUT2D eigenvalue weighted by molar-refractivity contribution is 0.513. The highest BCUT2D eigenvalue weighted by Gasteiger charge is 2.25. The van der Waals surface area contributed by atoms with Crippen LogP contribution in [0.15, 0.2) is 60.7 Å². The Morgan fingerprint density at radius 2 is 1.10 bits per heavy atom. The summed E-state index contributed by atoms with van der Waals surface area (Å²) in [6.07, 6.45) is 7.10. The molecule has 1 aliphatic carbocycles. The van der Waals surface area contributed by atoms with Gasteiger partial charge in [-0.05, 0) is 37.0 Å². The van der Waals surface area contributed by atoms with E-state index in [1.54, 1.807) is 10.6 Å². The van der Waals surface area contributed by atoms with Gasteiger partial charge in [-0.15, -0.1) is 0 Å². The summed E-state index contributed by atoms with van der Waals surface area (Å²) in [5.74, 6) is 0. The molecule has 0 nitrogen and oxygen atoms in total. The molecule has 2 aromatic rings. The van der Waals surface area contributed by atoms with Crippen molar-refractivity contribution in [1.29, 1.82) is 0 Å². The first-order valence-electron chi connectivity index (χ1n) is 7.34. The SMILES string of the molecule is P.c1ccc(P(c2ccccc2)C2CCCCC2)cc1. The van der Waals surface area contributed by atoms with Crippen LogP contribution < -0.4 is 10.6 Å². The Bertz CT molecular complexity index is 450. The van der Waals surface area contributed by atoms with Crippen LogP contribution in [0, 0.1) is 0 Å². The highest BCUT2D eigenvalue weighted by molar-refractivity contribution is 7.73. The molecule has 2 aromatic carbocycles. The maximum Gasteiger partial charge on any atom is -0.0129 e. The van der Waals surface area contributed by atoms with Gasteiger partial charge in [0.25, 0.3) is 0 Å². The van der Waals surface area contributed by atoms with E-state index in [4.69, 9.17) is 0 Å². The van der Waals surface area contributed by atoms with Crippen LogP contribution in [0.3, 0.4) is 0 Å². The minimum absolute atomic E-state index is 0. The topological polar surface area (TPSA) is 0 Å². The van der Waals surface area contributed by atoms with Gasteiger partial charge < -0.3 is 0 Å². The minimum Gasteiger partial charge on any atom is -0.153 e. The Labute approximate surface area is 127 Å². The lowest BCUT2D eigenvalue weighted by Crippen LogP contribution is -2.23. The van der Waals surface area contributed by atoms with E-state index in [9.17, 15) is 0 Å². The fourth-order valence-electron chi connectivity index (χ4n) is 3.09. The monoisotopic (exact) mass is 302 g/mol. The van der Waals surface area contributed by atoms with Crippen LogP contribution in [0.1, 0.15) is 32.1 Å². The van der Waals surface area contributed by atoms with E-state index in [0.29, 0.717) is 0 Å². The average molecular weight is 302 g/mol. The second-order valence-corrected chi connectivity index (χ2v) is 7.84. The Morgan fingerprint density at radius 1 is 0.650 bits per heavy atom. The summed E-state index contributed by atoms with van der Waals surface area (Å²) in [7, 11) is -0.169. The van der Waals surface area contributed by atoms with Gasteiger partial charge in [-0.25, -0.2) is 0 Å². The normalized spacial score (nSPS) is 15.8. The number of benzene rings is 2. The summed E-state index contributed by atoms with van der Waals surface area (Å²) < 4.78 is 0. The smallest absolute Gasteiger partial charge is 0.0129 e. The van der Waals surface area contributed by atoms with Crippen molar-refractivity contribution in [3.05, 3.63) is 60.7 Å². The van der Waals surface area contributed by atoms with Gasteiger partial charge in [-0.1, -0.05) is 79.9 Å². The maximum absolute atomic E-state index is 2.33. The predicted molar refractivity (Wildman–Crippen MR) is 97.1 cm³/mol. The Kier molecular flexibility index (Phi) is 6.21. The summed E-state index contributed by atoms with van der Waals surface area (Å²) in [6, 6.07) is 22.3. The van der Waals surface area contributed by atoms with E-state index in [2.05, 4.69) is 60.7 Å². The van der Waals surface area contributed by atoms with Gasteiger partial charge >= 0.3 is 0 Å². The first-order valence-corrected chi connectivity index (χ1v) is 8.75. The van der Waals surface area contributed by atoms with Crippen LogP contribution in [0.5, 0.6) is 0 Å². The molecule has 0 radical (unpaired) electrons. The summed E-state index contributed by atoms with van der Waals surface area (Å²) in [5.41, 5.74) is 0.883. The fourth-order valence-corrected chi connectivity index (χ4v) is 6.10. The zero-order chi connectivity index (χ0) is 12.9. The Morgan fingerprint density at radius 3 is 1.55 bits per heavy atom. The van der Waals surface area contributed by atoms with Crippen molar-refractivity contribution in [2.45, 2.75) is 37.8 Å². The molecule has 1 aliphatic rings. The van der Waals surface area contributed by atoms with E-state index in [-0.39, 0.29) is 17.8 Å². The molecule has 0 aliphatic heterocycles. The maximum atomic E-state index is 2.33. The number of hydrogen-bond acceptors (Lipinski definition) is 0. The third-order valence-corrected chi connectivity index (χ3v) is 6.96. The van der Waals surface area contributed by atoms with Crippen LogP contribution in [0.4, 0.5) is 0 Å². The molecule has 20 heavy (non-hydrogen) atoms. The van der Waals surface area contributed by atoms with E-state index < -0.39 is 0 Å². The molecule has 106 valence electrons. The van der Waals surface area contributed by atoms with Crippen molar-refractivity contribution in [2.24, 2.45) is 0 Å². The van der Waals surface area contributed by atoms with E-state index in [0.717, 1.165) is 5.66 Å². The molecule has 0 bridgehead atoms. The molecule has 1 unspecified atom stereocenters. The van der Waals surface area contributed by atoms with Crippen molar-refractivity contribution >= 4 is 28.4 Å². The van der Waals surface area contributed by atoms with Gasteiger partial charge in [-0.3, -0.25) is 0 Å². The molecule has 0 saturated heterocycles.